The molecule has 0 saturated heterocycles. The number of rotatable bonds is 3. The highest BCUT2D eigenvalue weighted by Crippen LogP contribution is 2.22. The van der Waals surface area contributed by atoms with Crippen LogP contribution in [0.25, 0.3) is 0 Å². The Balaban J connectivity index is 2.12. The lowest BCUT2D eigenvalue weighted by Gasteiger charge is -2.03. The maximum absolute atomic E-state index is 5.94. The van der Waals surface area contributed by atoms with E-state index in [1.165, 1.54) is 36.0 Å². The normalized spacial score (nSPS) is 19.7. The van der Waals surface area contributed by atoms with Crippen molar-refractivity contribution >= 4 is 0 Å². The van der Waals surface area contributed by atoms with Crippen LogP contribution in [-0.2, 0) is 19.3 Å². The van der Waals surface area contributed by atoms with E-state index in [0.717, 1.165) is 12.8 Å². The smallest absolute Gasteiger partial charge is 0.0120 e. The zero-order chi connectivity index (χ0) is 9.97. The van der Waals surface area contributed by atoms with Crippen LogP contribution in [0.5, 0.6) is 0 Å². The Bertz CT molecular complexity index is 317. The van der Waals surface area contributed by atoms with E-state index in [4.69, 9.17) is 5.73 Å². The predicted octanol–water partition coefficient (Wildman–Crippen LogP) is 2.46. The number of benzene rings is 1. The van der Waals surface area contributed by atoms with Crippen molar-refractivity contribution in [3.63, 3.8) is 0 Å². The van der Waals surface area contributed by atoms with Crippen LogP contribution >= 0.6 is 0 Å². The van der Waals surface area contributed by atoms with Crippen LogP contribution in [0.2, 0.25) is 0 Å². The lowest BCUT2D eigenvalue weighted by molar-refractivity contribution is 0.721. The topological polar surface area (TPSA) is 26.0 Å². The fourth-order valence-corrected chi connectivity index (χ4v) is 2.24. The summed E-state index contributed by atoms with van der Waals surface area (Å²) >= 11 is 0. The lowest BCUT2D eigenvalue weighted by atomic mass is 10.0. The summed E-state index contributed by atoms with van der Waals surface area (Å²) in [7, 11) is 0. The molecule has 0 spiro atoms. The molecule has 0 saturated carbocycles. The lowest BCUT2D eigenvalue weighted by Crippen LogP contribution is -2.18. The van der Waals surface area contributed by atoms with Gasteiger partial charge >= 0.3 is 0 Å². The molecule has 2 N–H and O–H groups in total. The van der Waals surface area contributed by atoms with E-state index in [9.17, 15) is 0 Å². The number of fused-ring (bicyclic) bond motifs is 1. The van der Waals surface area contributed by atoms with E-state index in [0.29, 0.717) is 6.04 Å². The van der Waals surface area contributed by atoms with E-state index in [1.54, 1.807) is 0 Å². The molecule has 0 amide bonds. The van der Waals surface area contributed by atoms with Crippen LogP contribution in [0.3, 0.4) is 0 Å². The van der Waals surface area contributed by atoms with Crippen molar-refractivity contribution in [2.45, 2.75) is 45.1 Å². The second-order valence-corrected chi connectivity index (χ2v) is 4.37. The van der Waals surface area contributed by atoms with Crippen molar-refractivity contribution in [2.24, 2.45) is 5.73 Å². The molecule has 1 aliphatic carbocycles. The Hall–Kier alpha value is -0.820. The van der Waals surface area contributed by atoms with Crippen molar-refractivity contribution < 1.29 is 0 Å². The van der Waals surface area contributed by atoms with Crippen LogP contribution in [0, 0.1) is 0 Å². The molecular weight excluding hydrogens is 170 g/mol. The van der Waals surface area contributed by atoms with Crippen molar-refractivity contribution in [3.8, 4) is 0 Å². The van der Waals surface area contributed by atoms with Crippen LogP contribution < -0.4 is 5.73 Å². The molecule has 1 atom stereocenters. The van der Waals surface area contributed by atoms with Gasteiger partial charge in [0, 0.05) is 6.04 Å². The number of hydrogen-bond donors (Lipinski definition) is 1. The summed E-state index contributed by atoms with van der Waals surface area (Å²) in [5.41, 5.74) is 10.4. The minimum Gasteiger partial charge on any atom is -0.327 e. The molecule has 0 aromatic heterocycles. The van der Waals surface area contributed by atoms with Gasteiger partial charge in [0.05, 0.1) is 0 Å². The molecule has 14 heavy (non-hydrogen) atoms. The first kappa shape index (κ1) is 9.72. The Morgan fingerprint density at radius 2 is 2.07 bits per heavy atom. The van der Waals surface area contributed by atoms with Gasteiger partial charge in [-0.15, -0.1) is 0 Å². The first-order valence-electron chi connectivity index (χ1n) is 5.66. The summed E-state index contributed by atoms with van der Waals surface area (Å²) in [5.74, 6) is 0. The highest BCUT2D eigenvalue weighted by atomic mass is 14.6. The van der Waals surface area contributed by atoms with Crippen LogP contribution in [-0.4, -0.2) is 6.04 Å². The second-order valence-electron chi connectivity index (χ2n) is 4.37. The van der Waals surface area contributed by atoms with Gasteiger partial charge in [-0.1, -0.05) is 31.5 Å². The first-order chi connectivity index (χ1) is 6.79. The SMILES string of the molecule is CCCCc1ccc2c(c1)CC(N)C2. The molecule has 1 unspecified atom stereocenters. The number of aryl methyl sites for hydroxylation is 1. The Labute approximate surface area is 86.3 Å². The zero-order valence-electron chi connectivity index (χ0n) is 8.92. The largest absolute Gasteiger partial charge is 0.327 e. The Kier molecular flexibility index (Phi) is 2.87. The molecule has 1 aliphatic rings. The molecule has 0 heterocycles. The molecule has 0 fully saturated rings. The van der Waals surface area contributed by atoms with E-state index in [2.05, 4.69) is 25.1 Å². The molecule has 1 nitrogen and oxygen atoms in total. The van der Waals surface area contributed by atoms with Crippen LogP contribution in [0.4, 0.5) is 0 Å². The molecular formula is C13H19N. The second kappa shape index (κ2) is 4.14. The van der Waals surface area contributed by atoms with Crippen LogP contribution in [0.15, 0.2) is 18.2 Å². The molecule has 1 aromatic rings. The minimum absolute atomic E-state index is 0.367. The van der Waals surface area contributed by atoms with Gasteiger partial charge in [-0.3, -0.25) is 0 Å². The predicted molar refractivity (Wildman–Crippen MR) is 60.4 cm³/mol. The summed E-state index contributed by atoms with van der Waals surface area (Å²) in [4.78, 5) is 0. The van der Waals surface area contributed by atoms with E-state index < -0.39 is 0 Å². The summed E-state index contributed by atoms with van der Waals surface area (Å²) in [6.07, 6.45) is 5.94. The monoisotopic (exact) mass is 189 g/mol. The molecule has 0 bridgehead atoms. The van der Waals surface area contributed by atoms with Gasteiger partial charge in [-0.25, -0.2) is 0 Å². The molecule has 0 aliphatic heterocycles. The average molecular weight is 189 g/mol. The number of nitrogens with two attached hydrogens (primary N) is 1. The van der Waals surface area contributed by atoms with Gasteiger partial charge in [0.1, 0.15) is 0 Å². The summed E-state index contributed by atoms with van der Waals surface area (Å²) in [6.45, 7) is 2.24. The maximum atomic E-state index is 5.94. The fraction of sp³-hybridized carbons (Fsp3) is 0.538. The minimum atomic E-state index is 0.367. The number of hydrogen-bond acceptors (Lipinski definition) is 1. The average Bonchev–Trinajstić information content (AvgIpc) is 2.54. The molecule has 1 heteroatoms. The molecule has 2 rings (SSSR count). The quantitative estimate of drug-likeness (QED) is 0.776. The van der Waals surface area contributed by atoms with Gasteiger partial charge in [-0.2, -0.15) is 0 Å². The summed E-state index contributed by atoms with van der Waals surface area (Å²) in [5, 5.41) is 0. The van der Waals surface area contributed by atoms with Crippen LogP contribution in [0.1, 0.15) is 36.5 Å². The molecule has 1 aromatic carbocycles. The van der Waals surface area contributed by atoms with E-state index in [-0.39, 0.29) is 0 Å². The van der Waals surface area contributed by atoms with Crippen molar-refractivity contribution in [3.05, 3.63) is 34.9 Å². The summed E-state index contributed by atoms with van der Waals surface area (Å²) in [6, 6.07) is 7.27. The van der Waals surface area contributed by atoms with E-state index in [1.807, 2.05) is 0 Å². The van der Waals surface area contributed by atoms with Crippen molar-refractivity contribution in [2.75, 3.05) is 0 Å². The standard InChI is InChI=1S/C13H19N/c1-2-3-4-10-5-6-11-8-13(14)9-12(11)7-10/h5-7,13H,2-4,8-9,14H2,1H3. The van der Waals surface area contributed by atoms with Gasteiger partial charge in [0.2, 0.25) is 0 Å². The Morgan fingerprint density at radius 1 is 1.29 bits per heavy atom. The fourth-order valence-electron chi connectivity index (χ4n) is 2.24. The van der Waals surface area contributed by atoms with E-state index >= 15 is 0 Å². The van der Waals surface area contributed by atoms with Crippen molar-refractivity contribution in [1.29, 1.82) is 0 Å². The third-order valence-electron chi connectivity index (χ3n) is 3.05. The molecule has 0 radical (unpaired) electrons. The highest BCUT2D eigenvalue weighted by Gasteiger charge is 2.17. The third-order valence-corrected chi connectivity index (χ3v) is 3.05. The zero-order valence-corrected chi connectivity index (χ0v) is 8.92. The van der Waals surface area contributed by atoms with Gasteiger partial charge in [0.25, 0.3) is 0 Å². The van der Waals surface area contributed by atoms with Gasteiger partial charge in [0.15, 0.2) is 0 Å². The first-order valence-corrected chi connectivity index (χ1v) is 5.66. The number of unbranched alkanes of at least 4 members (excludes halogenated alkanes) is 1. The Morgan fingerprint density at radius 3 is 2.86 bits per heavy atom. The molecule has 76 valence electrons. The summed E-state index contributed by atoms with van der Waals surface area (Å²) < 4.78 is 0. The van der Waals surface area contributed by atoms with Gasteiger partial charge in [-0.05, 0) is 42.4 Å². The third kappa shape index (κ3) is 1.98. The van der Waals surface area contributed by atoms with Crippen molar-refractivity contribution in [1.82, 2.24) is 0 Å². The highest BCUT2D eigenvalue weighted by molar-refractivity contribution is 5.37. The van der Waals surface area contributed by atoms with Gasteiger partial charge < -0.3 is 5.73 Å². The maximum Gasteiger partial charge on any atom is 0.0120 e.